The Bertz CT molecular complexity index is 1010. The lowest BCUT2D eigenvalue weighted by Crippen LogP contribution is -2.45. The molecule has 16 nitrogen and oxygen atoms in total. The van der Waals surface area contributed by atoms with E-state index in [4.69, 9.17) is 30.9 Å². The number of phosphoric ester groups is 1. The third-order valence-electron chi connectivity index (χ3n) is 3.50. The van der Waals surface area contributed by atoms with E-state index in [1.54, 1.807) is 0 Å². The van der Waals surface area contributed by atoms with E-state index in [1.165, 1.54) is 13.0 Å². The molecule has 2 unspecified atom stereocenters. The highest BCUT2D eigenvalue weighted by atomic mass is 31.3. The highest BCUT2D eigenvalue weighted by Gasteiger charge is 2.55. The quantitative estimate of drug-likeness (QED) is 0.246. The molecule has 20 heteroatoms. The van der Waals surface area contributed by atoms with Crippen molar-refractivity contribution >= 4 is 29.3 Å². The summed E-state index contributed by atoms with van der Waals surface area (Å²) in [6, 6.07) is 1.21. The number of nitrogens with two attached hydrogens (primary N) is 2. The Kier molecular flexibility index (Phi) is 6.83. The normalized spacial score (nSPS) is 31.2. The predicted molar refractivity (Wildman–Crippen MR) is 93.9 cm³/mol. The average molecular weight is 498 g/mol. The molecule has 0 spiro atoms. The van der Waals surface area contributed by atoms with Gasteiger partial charge in [0.25, 0.3) is 0 Å². The van der Waals surface area contributed by atoms with E-state index < -0.39 is 59.8 Å². The first-order valence-corrected chi connectivity index (χ1v) is 12.1. The summed E-state index contributed by atoms with van der Waals surface area (Å²) in [7, 11) is -16.9. The summed E-state index contributed by atoms with van der Waals surface area (Å²) < 4.78 is 65.8. The van der Waals surface area contributed by atoms with Crippen LogP contribution >= 0.6 is 23.5 Å². The number of rotatable bonds is 8. The summed E-state index contributed by atoms with van der Waals surface area (Å²) in [5.41, 5.74) is 8.84. The van der Waals surface area contributed by atoms with Crippen LogP contribution in [-0.2, 0) is 31.6 Å². The van der Waals surface area contributed by atoms with Gasteiger partial charge in [0.15, 0.2) is 6.23 Å². The van der Waals surface area contributed by atoms with E-state index in [0.717, 1.165) is 10.8 Å². The molecule has 172 valence electrons. The molecule has 1 fully saturated rings. The van der Waals surface area contributed by atoms with Crippen LogP contribution in [0.25, 0.3) is 0 Å². The van der Waals surface area contributed by atoms with Gasteiger partial charge < -0.3 is 35.8 Å². The molecule has 0 radical (unpaired) electrons. The Labute approximate surface area is 167 Å². The summed E-state index contributed by atoms with van der Waals surface area (Å²) in [5, 5.41) is 0. The SMILES string of the molecule is C[C@@]1(N)C[C@@](F)(COP(=O)(O)OP(=O)(O)OP(=O)(O)O)O[C@H]1n1ccc(N)nc1=O. The smallest absolute Gasteiger partial charge is 0.383 e. The van der Waals surface area contributed by atoms with Crippen molar-refractivity contribution in [3.8, 4) is 0 Å². The summed E-state index contributed by atoms with van der Waals surface area (Å²) in [5.74, 6) is -3.01. The molecule has 1 aromatic heterocycles. The first-order valence-electron chi connectivity index (χ1n) is 7.62. The topological polar surface area (TPSA) is 256 Å². The predicted octanol–water partition coefficient (Wildman–Crippen LogP) is -0.529. The second kappa shape index (κ2) is 8.13. The van der Waals surface area contributed by atoms with E-state index in [1.807, 2.05) is 0 Å². The maximum Gasteiger partial charge on any atom is 0.490 e. The van der Waals surface area contributed by atoms with Gasteiger partial charge in [-0.25, -0.2) is 22.9 Å². The van der Waals surface area contributed by atoms with Gasteiger partial charge in [-0.3, -0.25) is 9.09 Å². The number of nitrogens with zero attached hydrogens (tertiary/aromatic N) is 2. The van der Waals surface area contributed by atoms with Crippen LogP contribution in [0.1, 0.15) is 19.6 Å². The zero-order chi connectivity index (χ0) is 23.2. The van der Waals surface area contributed by atoms with E-state index in [0.29, 0.717) is 0 Å². The summed E-state index contributed by atoms with van der Waals surface area (Å²) >= 11 is 0. The monoisotopic (exact) mass is 498 g/mol. The van der Waals surface area contributed by atoms with Crippen LogP contribution < -0.4 is 17.2 Å². The van der Waals surface area contributed by atoms with Gasteiger partial charge in [-0.2, -0.15) is 13.6 Å². The van der Waals surface area contributed by atoms with Crippen molar-refractivity contribution in [2.45, 2.75) is 31.0 Å². The summed E-state index contributed by atoms with van der Waals surface area (Å²) in [6.45, 7) is -0.0935. The number of nitrogen functional groups attached to an aromatic ring is 1. The van der Waals surface area contributed by atoms with Crippen LogP contribution in [0.5, 0.6) is 0 Å². The van der Waals surface area contributed by atoms with Crippen LogP contribution in [0.3, 0.4) is 0 Å². The lowest BCUT2D eigenvalue weighted by molar-refractivity contribution is -0.177. The highest BCUT2D eigenvalue weighted by molar-refractivity contribution is 7.66. The highest BCUT2D eigenvalue weighted by Crippen LogP contribution is 2.66. The van der Waals surface area contributed by atoms with Gasteiger partial charge in [-0.15, -0.1) is 0 Å². The third-order valence-corrected chi connectivity index (χ3v) is 7.28. The first-order chi connectivity index (χ1) is 13.3. The number of hydrogen-bond acceptors (Lipinski definition) is 11. The number of ether oxygens (including phenoxy) is 1. The minimum absolute atomic E-state index is 0.118. The van der Waals surface area contributed by atoms with Gasteiger partial charge in [0.1, 0.15) is 12.4 Å². The van der Waals surface area contributed by atoms with Crippen molar-refractivity contribution in [3.63, 3.8) is 0 Å². The lowest BCUT2D eigenvalue weighted by Gasteiger charge is -2.25. The molecule has 0 amide bonds. The molecular formula is C10H18FN4O12P3. The largest absolute Gasteiger partial charge is 0.490 e. The molecule has 8 N–H and O–H groups in total. The van der Waals surface area contributed by atoms with Gasteiger partial charge in [-0.1, -0.05) is 0 Å². The van der Waals surface area contributed by atoms with Gasteiger partial charge >= 0.3 is 29.2 Å². The second-order valence-electron chi connectivity index (χ2n) is 6.44. The van der Waals surface area contributed by atoms with Gasteiger partial charge in [0.05, 0.1) is 5.54 Å². The molecule has 1 aliphatic heterocycles. The first kappa shape index (κ1) is 25.2. The van der Waals surface area contributed by atoms with Crippen molar-refractivity contribution < 1.29 is 55.5 Å². The van der Waals surface area contributed by atoms with Crippen molar-refractivity contribution in [2.24, 2.45) is 5.73 Å². The molecule has 2 heterocycles. The molecule has 0 bridgehead atoms. The van der Waals surface area contributed by atoms with Crippen LogP contribution in [0.4, 0.5) is 10.2 Å². The van der Waals surface area contributed by atoms with Gasteiger partial charge in [0.2, 0.25) is 5.85 Å². The molecule has 30 heavy (non-hydrogen) atoms. The number of alkyl halides is 1. The van der Waals surface area contributed by atoms with Crippen LogP contribution in [0.2, 0.25) is 0 Å². The number of phosphoric acid groups is 3. The fourth-order valence-electron chi connectivity index (χ4n) is 2.58. The molecule has 2 rings (SSSR count). The Balaban J connectivity index is 2.13. The number of anilines is 1. The lowest BCUT2D eigenvalue weighted by atomic mass is 9.96. The van der Waals surface area contributed by atoms with Crippen LogP contribution in [0.15, 0.2) is 17.1 Å². The molecule has 0 aliphatic carbocycles. The summed E-state index contributed by atoms with van der Waals surface area (Å²) in [6.07, 6.45) is -1.00. The third kappa shape index (κ3) is 6.72. The fourth-order valence-corrected chi connectivity index (χ4v) is 5.63. The molecule has 0 saturated carbocycles. The van der Waals surface area contributed by atoms with Crippen molar-refractivity contribution in [1.82, 2.24) is 9.55 Å². The maximum absolute atomic E-state index is 15.0. The Morgan fingerprint density at radius 3 is 2.43 bits per heavy atom. The molecule has 1 aromatic rings. The second-order valence-corrected chi connectivity index (χ2v) is 10.9. The Morgan fingerprint density at radius 1 is 1.30 bits per heavy atom. The minimum Gasteiger partial charge on any atom is -0.383 e. The molecule has 5 atom stereocenters. The molecular weight excluding hydrogens is 480 g/mol. The molecule has 1 saturated heterocycles. The minimum atomic E-state index is -5.77. The van der Waals surface area contributed by atoms with E-state index in [-0.39, 0.29) is 5.82 Å². The molecule has 1 aliphatic rings. The van der Waals surface area contributed by atoms with E-state index in [9.17, 15) is 23.4 Å². The summed E-state index contributed by atoms with van der Waals surface area (Å²) in [4.78, 5) is 50.8. The van der Waals surface area contributed by atoms with Crippen molar-refractivity contribution in [3.05, 3.63) is 22.7 Å². The Hall–Kier alpha value is -1.06. The van der Waals surface area contributed by atoms with E-state index >= 15 is 4.39 Å². The number of halogens is 1. The van der Waals surface area contributed by atoms with Crippen molar-refractivity contribution in [2.75, 3.05) is 12.3 Å². The zero-order valence-corrected chi connectivity index (χ0v) is 17.7. The standard InChI is InChI=1S/C10H18FN4O12P3/c1-9(13)4-10(11,25-7(9)15-3-2-6(12)14-8(15)16)5-24-29(20,21)27-30(22,23)26-28(17,18)19/h2-3,7H,4-5,13H2,1H3,(H,20,21)(H,22,23)(H2,12,14,16)(H2,17,18,19)/t7-,9-,10+/m1/s1. The van der Waals surface area contributed by atoms with Crippen LogP contribution in [-0.4, -0.2) is 47.1 Å². The number of aromatic nitrogens is 2. The van der Waals surface area contributed by atoms with Gasteiger partial charge in [0, 0.05) is 12.6 Å². The Morgan fingerprint density at radius 2 is 1.90 bits per heavy atom. The maximum atomic E-state index is 15.0. The molecule has 0 aromatic carbocycles. The zero-order valence-electron chi connectivity index (χ0n) is 15.0. The van der Waals surface area contributed by atoms with Crippen molar-refractivity contribution in [1.29, 1.82) is 0 Å². The average Bonchev–Trinajstić information content (AvgIpc) is 2.72. The van der Waals surface area contributed by atoms with Crippen LogP contribution in [0, 0.1) is 0 Å². The fraction of sp³-hybridized carbons (Fsp3) is 0.600. The number of hydrogen-bond donors (Lipinski definition) is 6. The van der Waals surface area contributed by atoms with Gasteiger partial charge in [-0.05, 0) is 13.0 Å². The van der Waals surface area contributed by atoms with E-state index in [2.05, 4.69) is 18.1 Å².